The van der Waals surface area contributed by atoms with E-state index in [9.17, 15) is 33.6 Å². The van der Waals surface area contributed by atoms with Crippen LogP contribution in [-0.4, -0.2) is 108 Å². The molecule has 2 aliphatic rings. The van der Waals surface area contributed by atoms with Gasteiger partial charge in [-0.3, -0.25) is 28.8 Å². The highest BCUT2D eigenvalue weighted by Crippen LogP contribution is 2.30. The SMILES string of the molecule is CCC.CCCCC(NC(=O)[C@@H]1CCCN1C(=O)[C@@H](NC(=O)OC(C)(C)C)C(C)(C)C)C(=O)C(=O)NCC(=O)N[C@H](C(=O)N(C)C)C1Cc2ccccc2C1. The van der Waals surface area contributed by atoms with Gasteiger partial charge in [0, 0.05) is 20.6 Å². The lowest BCUT2D eigenvalue weighted by Gasteiger charge is -2.36. The summed E-state index contributed by atoms with van der Waals surface area (Å²) in [4.78, 5) is 95.6. The van der Waals surface area contributed by atoms with Gasteiger partial charge in [-0.25, -0.2) is 4.79 Å². The van der Waals surface area contributed by atoms with Crippen molar-refractivity contribution in [1.29, 1.82) is 0 Å². The molecular formula is C41H66N6O8. The highest BCUT2D eigenvalue weighted by atomic mass is 16.6. The number of Topliss-reactive ketones (excluding diaryl/α,β-unsaturated/α-hetero) is 1. The average molecular weight is 771 g/mol. The summed E-state index contributed by atoms with van der Waals surface area (Å²) in [6, 6.07) is 3.94. The zero-order valence-electron chi connectivity index (χ0n) is 34.9. The highest BCUT2D eigenvalue weighted by molar-refractivity contribution is 6.38. The Morgan fingerprint density at radius 1 is 0.891 bits per heavy atom. The molecule has 1 unspecified atom stereocenters. The third-order valence-corrected chi connectivity index (χ3v) is 9.30. The summed E-state index contributed by atoms with van der Waals surface area (Å²) in [5.41, 5.74) is 0.740. The number of likely N-dealkylation sites (tertiary alicyclic amines) is 1. The van der Waals surface area contributed by atoms with E-state index in [1.54, 1.807) is 55.6 Å². The summed E-state index contributed by atoms with van der Waals surface area (Å²) in [7, 11) is 3.22. The Morgan fingerprint density at radius 3 is 1.98 bits per heavy atom. The zero-order chi connectivity index (χ0) is 41.7. The lowest BCUT2D eigenvalue weighted by atomic mass is 9.85. The monoisotopic (exact) mass is 770 g/mol. The number of unbranched alkanes of at least 4 members (excludes halogenated alkanes) is 1. The van der Waals surface area contributed by atoms with Crippen LogP contribution < -0.4 is 21.3 Å². The van der Waals surface area contributed by atoms with Crippen molar-refractivity contribution in [2.45, 2.75) is 143 Å². The zero-order valence-corrected chi connectivity index (χ0v) is 34.9. The van der Waals surface area contributed by atoms with Gasteiger partial charge in [0.1, 0.15) is 23.7 Å². The molecule has 0 radical (unpaired) electrons. The van der Waals surface area contributed by atoms with Crippen molar-refractivity contribution in [2.75, 3.05) is 27.2 Å². The van der Waals surface area contributed by atoms with Crippen molar-refractivity contribution in [3.05, 3.63) is 35.4 Å². The maximum Gasteiger partial charge on any atom is 0.408 e. The number of ketones is 1. The second-order valence-corrected chi connectivity index (χ2v) is 16.8. The Hall–Kier alpha value is -4.49. The Morgan fingerprint density at radius 2 is 1.47 bits per heavy atom. The number of hydrogen-bond donors (Lipinski definition) is 4. The number of fused-ring (bicyclic) bond motifs is 1. The Labute approximate surface area is 327 Å². The van der Waals surface area contributed by atoms with E-state index in [-0.39, 0.29) is 24.8 Å². The van der Waals surface area contributed by atoms with Crippen LogP contribution in [0.3, 0.4) is 0 Å². The molecule has 0 aromatic heterocycles. The van der Waals surface area contributed by atoms with Gasteiger partial charge in [0.05, 0.1) is 12.6 Å². The van der Waals surface area contributed by atoms with Crippen LogP contribution in [0, 0.1) is 11.3 Å². The van der Waals surface area contributed by atoms with Gasteiger partial charge in [-0.2, -0.15) is 0 Å². The second kappa shape index (κ2) is 21.0. The molecular weight excluding hydrogens is 704 g/mol. The summed E-state index contributed by atoms with van der Waals surface area (Å²) in [5.74, 6) is -4.08. The fraction of sp³-hybridized carbons (Fsp3) is 0.683. The van der Waals surface area contributed by atoms with Gasteiger partial charge >= 0.3 is 6.09 Å². The molecule has 0 bridgehead atoms. The van der Waals surface area contributed by atoms with Crippen molar-refractivity contribution in [2.24, 2.45) is 11.3 Å². The number of hydrogen-bond acceptors (Lipinski definition) is 8. The van der Waals surface area contributed by atoms with Crippen LogP contribution in [0.1, 0.15) is 112 Å². The van der Waals surface area contributed by atoms with Crippen LogP contribution in [0.5, 0.6) is 0 Å². The molecule has 1 aliphatic heterocycles. The van der Waals surface area contributed by atoms with Crippen LogP contribution >= 0.6 is 0 Å². The van der Waals surface area contributed by atoms with Crippen molar-refractivity contribution >= 4 is 41.4 Å². The molecule has 0 saturated carbocycles. The average Bonchev–Trinajstić information content (AvgIpc) is 3.76. The van der Waals surface area contributed by atoms with E-state index in [1.165, 1.54) is 16.2 Å². The summed E-state index contributed by atoms with van der Waals surface area (Å²) in [6.07, 6.45) is 3.98. The summed E-state index contributed by atoms with van der Waals surface area (Å²) < 4.78 is 5.38. The predicted molar refractivity (Wildman–Crippen MR) is 211 cm³/mol. The van der Waals surface area contributed by atoms with Gasteiger partial charge in [0.25, 0.3) is 5.91 Å². The van der Waals surface area contributed by atoms with E-state index in [1.807, 2.05) is 31.2 Å². The van der Waals surface area contributed by atoms with Gasteiger partial charge < -0.3 is 35.8 Å². The van der Waals surface area contributed by atoms with E-state index >= 15 is 0 Å². The van der Waals surface area contributed by atoms with Crippen LogP contribution in [0.2, 0.25) is 0 Å². The third kappa shape index (κ3) is 14.3. The maximum absolute atomic E-state index is 13.8. The van der Waals surface area contributed by atoms with Crippen LogP contribution in [0.15, 0.2) is 24.3 Å². The number of carbonyl (C=O) groups excluding carboxylic acids is 7. The minimum absolute atomic E-state index is 0.170. The number of ether oxygens (including phenoxy) is 1. The largest absolute Gasteiger partial charge is 0.444 e. The summed E-state index contributed by atoms with van der Waals surface area (Å²) in [6.45, 7) is 16.4. The van der Waals surface area contributed by atoms with E-state index in [2.05, 4.69) is 35.1 Å². The lowest BCUT2D eigenvalue weighted by molar-refractivity contribution is -0.144. The molecule has 308 valence electrons. The first kappa shape index (κ1) is 46.7. The Balaban J connectivity index is 0.00000337. The molecule has 6 amide bonds. The molecule has 0 spiro atoms. The molecule has 1 aromatic rings. The fourth-order valence-corrected chi connectivity index (χ4v) is 6.61. The number of amides is 6. The number of likely N-dealkylation sites (N-methyl/N-ethyl adjacent to an activating group) is 1. The highest BCUT2D eigenvalue weighted by Gasteiger charge is 2.43. The van der Waals surface area contributed by atoms with Crippen molar-refractivity contribution in [3.8, 4) is 0 Å². The summed E-state index contributed by atoms with van der Waals surface area (Å²) in [5, 5.41) is 10.5. The van der Waals surface area contributed by atoms with E-state index < -0.39 is 77.2 Å². The fourth-order valence-electron chi connectivity index (χ4n) is 6.61. The molecule has 1 aliphatic carbocycles. The quantitative estimate of drug-likeness (QED) is 0.207. The molecule has 4 N–H and O–H groups in total. The second-order valence-electron chi connectivity index (χ2n) is 16.8. The normalized spacial score (nSPS) is 17.0. The van der Waals surface area contributed by atoms with E-state index in [0.29, 0.717) is 38.5 Å². The minimum atomic E-state index is -1.19. The molecule has 1 fully saturated rings. The third-order valence-electron chi connectivity index (χ3n) is 9.30. The van der Waals surface area contributed by atoms with Gasteiger partial charge in [0.15, 0.2) is 0 Å². The van der Waals surface area contributed by atoms with Gasteiger partial charge in [-0.15, -0.1) is 0 Å². The van der Waals surface area contributed by atoms with Crippen LogP contribution in [0.25, 0.3) is 0 Å². The Kier molecular flexibility index (Phi) is 17.8. The topological polar surface area (TPSA) is 183 Å². The predicted octanol–water partition coefficient (Wildman–Crippen LogP) is 3.68. The lowest BCUT2D eigenvalue weighted by Crippen LogP contribution is -2.59. The number of rotatable bonds is 14. The minimum Gasteiger partial charge on any atom is -0.444 e. The number of nitrogens with zero attached hydrogens (tertiary/aromatic N) is 2. The van der Waals surface area contributed by atoms with Gasteiger partial charge in [0.2, 0.25) is 29.4 Å². The molecule has 1 heterocycles. The number of nitrogens with one attached hydrogen (secondary N) is 4. The number of benzene rings is 1. The van der Waals surface area contributed by atoms with E-state index in [0.717, 1.165) is 11.1 Å². The first-order valence-corrected chi connectivity index (χ1v) is 19.6. The molecule has 14 heteroatoms. The van der Waals surface area contributed by atoms with Crippen LogP contribution in [0.4, 0.5) is 4.79 Å². The van der Waals surface area contributed by atoms with Gasteiger partial charge in [-0.1, -0.05) is 85.1 Å². The number of carbonyl (C=O) groups is 7. The molecule has 55 heavy (non-hydrogen) atoms. The molecule has 1 aromatic carbocycles. The first-order valence-electron chi connectivity index (χ1n) is 19.6. The van der Waals surface area contributed by atoms with E-state index in [4.69, 9.17) is 4.74 Å². The standard InChI is InChI=1S/C38H58N6O8.C3H8/c1-10-11-17-26(40-32(47)27-18-14-19-44(27)35(50)31(37(2,3)4)42-36(51)52-38(5,6)7)30(46)33(48)39-22-28(45)41-29(34(49)43(8)9)25-20-23-15-12-13-16-24(23)21-25;1-3-2/h12-13,15-16,25-27,29,31H,10-11,14,17-22H2,1-9H3,(H,39,48)(H,40,47)(H,41,45)(H,42,51);3H2,1-2H3/t26?,27-,29-,31+;/m0./s1. The Bertz CT molecular complexity index is 1490. The van der Waals surface area contributed by atoms with Crippen LogP contribution in [-0.2, 0) is 46.3 Å². The molecule has 3 rings (SSSR count). The maximum atomic E-state index is 13.8. The van der Waals surface area contributed by atoms with Crippen molar-refractivity contribution in [1.82, 2.24) is 31.1 Å². The smallest absolute Gasteiger partial charge is 0.408 e. The molecule has 14 nitrogen and oxygen atoms in total. The molecule has 4 atom stereocenters. The summed E-state index contributed by atoms with van der Waals surface area (Å²) >= 11 is 0. The van der Waals surface area contributed by atoms with Crippen molar-refractivity contribution < 1.29 is 38.3 Å². The van der Waals surface area contributed by atoms with Crippen molar-refractivity contribution in [3.63, 3.8) is 0 Å². The van der Waals surface area contributed by atoms with Gasteiger partial charge in [-0.05, 0) is 75.3 Å². The number of alkyl carbamates (subject to hydrolysis) is 1. The first-order chi connectivity index (χ1) is 25.6. The molecule has 1 saturated heterocycles.